The number of hydrogen-bond acceptors (Lipinski definition) is 5. The number of ether oxygens (including phenoxy) is 1. The van der Waals surface area contributed by atoms with Crippen LogP contribution in [-0.4, -0.2) is 87.8 Å². The molecule has 1 aliphatic heterocycles. The Labute approximate surface area is 163 Å². The fraction of sp³-hybridized carbons (Fsp3) is 0.700. The summed E-state index contributed by atoms with van der Waals surface area (Å²) in [6.07, 6.45) is 4.63. The summed E-state index contributed by atoms with van der Waals surface area (Å²) >= 11 is 0. The lowest BCUT2D eigenvalue weighted by Gasteiger charge is -2.33. The first-order chi connectivity index (χ1) is 13.2. The third-order valence-electron chi connectivity index (χ3n) is 5.28. The van der Waals surface area contributed by atoms with Crippen molar-refractivity contribution >= 4 is 11.8 Å². The zero-order valence-corrected chi connectivity index (χ0v) is 17.0. The Morgan fingerprint density at radius 2 is 2.07 bits per heavy atom. The lowest BCUT2D eigenvalue weighted by molar-refractivity contribution is 0.115. The molecule has 0 unspecified atom stereocenters. The van der Waals surface area contributed by atoms with Gasteiger partial charge < -0.3 is 24.8 Å². The number of piperazine rings is 1. The molecule has 0 aromatic carbocycles. The molecule has 1 saturated heterocycles. The summed E-state index contributed by atoms with van der Waals surface area (Å²) < 4.78 is 5.72. The van der Waals surface area contributed by atoms with Crippen LogP contribution in [0.5, 0.6) is 0 Å². The Kier molecular flexibility index (Phi) is 7.29. The van der Waals surface area contributed by atoms with Crippen molar-refractivity contribution in [1.82, 2.24) is 20.1 Å². The van der Waals surface area contributed by atoms with Gasteiger partial charge in [0.15, 0.2) is 5.96 Å². The molecule has 150 valence electrons. The van der Waals surface area contributed by atoms with Crippen molar-refractivity contribution < 1.29 is 4.74 Å². The van der Waals surface area contributed by atoms with Crippen LogP contribution in [0, 0.1) is 5.92 Å². The van der Waals surface area contributed by atoms with Crippen molar-refractivity contribution in [2.24, 2.45) is 10.9 Å². The predicted molar refractivity (Wildman–Crippen MR) is 110 cm³/mol. The molecule has 1 aliphatic carbocycles. The van der Waals surface area contributed by atoms with Crippen LogP contribution in [0.15, 0.2) is 23.3 Å². The second-order valence-corrected chi connectivity index (χ2v) is 7.66. The van der Waals surface area contributed by atoms with Crippen LogP contribution >= 0.6 is 0 Å². The summed E-state index contributed by atoms with van der Waals surface area (Å²) in [4.78, 5) is 15.8. The molecule has 7 heteroatoms. The summed E-state index contributed by atoms with van der Waals surface area (Å²) in [5, 5.41) is 3.41. The lowest BCUT2D eigenvalue weighted by Crippen LogP contribution is -2.44. The van der Waals surface area contributed by atoms with Crippen LogP contribution < -0.4 is 10.2 Å². The number of guanidine groups is 1. The average Bonchev–Trinajstić information content (AvgIpc) is 3.51. The standard InChI is InChI=1S/C20H34N6O/c1-21-20(25(3)12-13-27-16-17-4-5-17)23-15-18-6-7-19(22-14-18)26-10-8-24(2)9-11-26/h6-7,14,17H,4-5,8-13,15-16H2,1-3H3,(H,21,23). The largest absolute Gasteiger partial charge is 0.379 e. The fourth-order valence-electron chi connectivity index (χ4n) is 3.15. The molecule has 1 aromatic rings. The summed E-state index contributed by atoms with van der Waals surface area (Å²) in [5.41, 5.74) is 1.16. The van der Waals surface area contributed by atoms with Crippen molar-refractivity contribution in [2.75, 3.05) is 72.0 Å². The molecule has 2 aliphatic rings. The molecule has 0 atom stereocenters. The number of nitrogens with one attached hydrogen (secondary N) is 1. The molecule has 2 heterocycles. The molecule has 1 saturated carbocycles. The molecule has 0 spiro atoms. The van der Waals surface area contributed by atoms with Crippen LogP contribution in [0.25, 0.3) is 0 Å². The van der Waals surface area contributed by atoms with Crippen LogP contribution in [0.4, 0.5) is 5.82 Å². The van der Waals surface area contributed by atoms with Gasteiger partial charge in [-0.15, -0.1) is 0 Å². The molecular weight excluding hydrogens is 340 g/mol. The minimum Gasteiger partial charge on any atom is -0.379 e. The van der Waals surface area contributed by atoms with E-state index in [-0.39, 0.29) is 0 Å². The van der Waals surface area contributed by atoms with E-state index in [9.17, 15) is 0 Å². The summed E-state index contributed by atoms with van der Waals surface area (Å²) in [7, 11) is 6.03. The van der Waals surface area contributed by atoms with Gasteiger partial charge in [-0.1, -0.05) is 6.07 Å². The molecule has 0 amide bonds. The van der Waals surface area contributed by atoms with E-state index in [1.165, 1.54) is 12.8 Å². The predicted octanol–water partition coefficient (Wildman–Crippen LogP) is 1.27. The first-order valence-corrected chi connectivity index (χ1v) is 10.0. The van der Waals surface area contributed by atoms with E-state index in [0.717, 1.165) is 75.7 Å². The van der Waals surface area contributed by atoms with Crippen molar-refractivity contribution in [3.05, 3.63) is 23.9 Å². The number of nitrogens with zero attached hydrogens (tertiary/aromatic N) is 5. The minimum absolute atomic E-state index is 0.718. The Hall–Kier alpha value is -1.86. The topological polar surface area (TPSA) is 56.2 Å². The monoisotopic (exact) mass is 374 g/mol. The zero-order chi connectivity index (χ0) is 19.1. The first kappa shape index (κ1) is 19.9. The fourth-order valence-corrected chi connectivity index (χ4v) is 3.15. The summed E-state index contributed by atoms with van der Waals surface area (Å²) in [5.74, 6) is 2.77. The Morgan fingerprint density at radius 1 is 1.30 bits per heavy atom. The van der Waals surface area contributed by atoms with Gasteiger partial charge in [-0.2, -0.15) is 0 Å². The third-order valence-corrected chi connectivity index (χ3v) is 5.28. The second-order valence-electron chi connectivity index (χ2n) is 7.66. The highest BCUT2D eigenvalue weighted by atomic mass is 16.5. The highest BCUT2D eigenvalue weighted by molar-refractivity contribution is 5.79. The molecule has 0 bridgehead atoms. The highest BCUT2D eigenvalue weighted by Crippen LogP contribution is 2.28. The van der Waals surface area contributed by atoms with E-state index in [2.05, 4.69) is 49.2 Å². The normalized spacial score (nSPS) is 18.6. The number of pyridine rings is 1. The second kappa shape index (κ2) is 9.90. The van der Waals surface area contributed by atoms with E-state index in [1.807, 2.05) is 20.3 Å². The van der Waals surface area contributed by atoms with Gasteiger partial charge in [-0.3, -0.25) is 4.99 Å². The SMILES string of the molecule is CN=C(NCc1ccc(N2CCN(C)CC2)nc1)N(C)CCOCC1CC1. The van der Waals surface area contributed by atoms with E-state index in [4.69, 9.17) is 4.74 Å². The van der Waals surface area contributed by atoms with Gasteiger partial charge >= 0.3 is 0 Å². The van der Waals surface area contributed by atoms with Gasteiger partial charge in [-0.05, 0) is 37.4 Å². The van der Waals surface area contributed by atoms with Crippen LogP contribution in [0.3, 0.4) is 0 Å². The smallest absolute Gasteiger partial charge is 0.193 e. The van der Waals surface area contributed by atoms with Gasteiger partial charge in [0.25, 0.3) is 0 Å². The molecule has 3 rings (SSSR count). The van der Waals surface area contributed by atoms with Crippen molar-refractivity contribution in [2.45, 2.75) is 19.4 Å². The number of anilines is 1. The number of aromatic nitrogens is 1. The van der Waals surface area contributed by atoms with Crippen molar-refractivity contribution in [3.8, 4) is 0 Å². The highest BCUT2D eigenvalue weighted by Gasteiger charge is 2.21. The molecule has 1 aromatic heterocycles. The first-order valence-electron chi connectivity index (χ1n) is 10.0. The van der Waals surface area contributed by atoms with E-state index in [0.29, 0.717) is 0 Å². The van der Waals surface area contributed by atoms with Gasteiger partial charge in [0, 0.05) is 66.2 Å². The average molecular weight is 375 g/mol. The number of aliphatic imine (C=N–C) groups is 1. The maximum Gasteiger partial charge on any atom is 0.193 e. The molecule has 7 nitrogen and oxygen atoms in total. The molecule has 2 fully saturated rings. The Morgan fingerprint density at radius 3 is 2.70 bits per heavy atom. The van der Waals surface area contributed by atoms with E-state index < -0.39 is 0 Å². The van der Waals surface area contributed by atoms with Crippen LogP contribution in [-0.2, 0) is 11.3 Å². The lowest BCUT2D eigenvalue weighted by atomic mass is 10.2. The number of rotatable bonds is 8. The van der Waals surface area contributed by atoms with E-state index >= 15 is 0 Å². The minimum atomic E-state index is 0.718. The van der Waals surface area contributed by atoms with Crippen molar-refractivity contribution in [3.63, 3.8) is 0 Å². The van der Waals surface area contributed by atoms with Gasteiger partial charge in [0.2, 0.25) is 0 Å². The molecule has 1 N–H and O–H groups in total. The molecular formula is C20H34N6O. The summed E-state index contributed by atoms with van der Waals surface area (Å²) in [6, 6.07) is 4.28. The Balaban J connectivity index is 1.40. The number of likely N-dealkylation sites (N-methyl/N-ethyl adjacent to an activating group) is 2. The third kappa shape index (κ3) is 6.36. The molecule has 27 heavy (non-hydrogen) atoms. The number of hydrogen-bond donors (Lipinski definition) is 1. The van der Waals surface area contributed by atoms with Crippen LogP contribution in [0.2, 0.25) is 0 Å². The molecule has 0 radical (unpaired) electrons. The maximum absolute atomic E-state index is 5.72. The maximum atomic E-state index is 5.72. The quantitative estimate of drug-likeness (QED) is 0.420. The Bertz CT molecular complexity index is 593. The van der Waals surface area contributed by atoms with Crippen molar-refractivity contribution in [1.29, 1.82) is 0 Å². The summed E-state index contributed by atoms with van der Waals surface area (Å²) in [6.45, 7) is 7.49. The van der Waals surface area contributed by atoms with Gasteiger partial charge in [0.1, 0.15) is 5.82 Å². The van der Waals surface area contributed by atoms with Gasteiger partial charge in [-0.25, -0.2) is 4.98 Å². The zero-order valence-electron chi connectivity index (χ0n) is 17.0. The van der Waals surface area contributed by atoms with Crippen LogP contribution in [0.1, 0.15) is 18.4 Å². The van der Waals surface area contributed by atoms with E-state index in [1.54, 1.807) is 0 Å². The van der Waals surface area contributed by atoms with Gasteiger partial charge in [0.05, 0.1) is 6.61 Å².